The lowest BCUT2D eigenvalue weighted by Gasteiger charge is -2.43. The van der Waals surface area contributed by atoms with Crippen LogP contribution in [0.3, 0.4) is 0 Å². The van der Waals surface area contributed by atoms with E-state index in [1.165, 1.54) is 11.5 Å². The van der Waals surface area contributed by atoms with Gasteiger partial charge in [-0.25, -0.2) is 0 Å². The van der Waals surface area contributed by atoms with Gasteiger partial charge in [0, 0.05) is 41.6 Å². The Morgan fingerprint density at radius 1 is 1.30 bits per heavy atom. The third-order valence-corrected chi connectivity index (χ3v) is 8.27. The van der Waals surface area contributed by atoms with Crippen LogP contribution >= 0.6 is 23.5 Å². The van der Waals surface area contributed by atoms with Crippen molar-refractivity contribution in [3.05, 3.63) is 0 Å². The summed E-state index contributed by atoms with van der Waals surface area (Å²) in [6.45, 7) is 4.57. The summed E-state index contributed by atoms with van der Waals surface area (Å²) >= 11 is 4.04. The Bertz CT molecular complexity index is 320. The molecule has 1 N–H and O–H groups in total. The first kappa shape index (κ1) is 15.5. The second kappa shape index (κ2) is 6.78. The van der Waals surface area contributed by atoms with Gasteiger partial charge in [-0.3, -0.25) is 0 Å². The van der Waals surface area contributed by atoms with E-state index in [1.54, 1.807) is 0 Å². The second-order valence-corrected chi connectivity index (χ2v) is 8.86. The van der Waals surface area contributed by atoms with Gasteiger partial charge in [-0.2, -0.15) is 23.5 Å². The van der Waals surface area contributed by atoms with Crippen molar-refractivity contribution in [3.63, 3.8) is 0 Å². The SMILES string of the molecule is CCC1SCCSC1C(O)C1CCOC2(CCOC2)C1. The van der Waals surface area contributed by atoms with Crippen molar-refractivity contribution < 1.29 is 14.6 Å². The molecule has 3 saturated heterocycles. The van der Waals surface area contributed by atoms with E-state index in [4.69, 9.17) is 9.47 Å². The molecule has 0 aliphatic carbocycles. The van der Waals surface area contributed by atoms with Gasteiger partial charge in [-0.1, -0.05) is 6.92 Å². The first-order chi connectivity index (χ1) is 9.74. The molecule has 3 aliphatic rings. The van der Waals surface area contributed by atoms with Crippen molar-refractivity contribution in [2.45, 2.75) is 54.8 Å². The molecule has 116 valence electrons. The normalized spacial score (nSPS) is 43.8. The number of aliphatic hydroxyl groups excluding tert-OH is 1. The molecular weight excluding hydrogens is 292 g/mol. The first-order valence-electron chi connectivity index (χ1n) is 7.87. The predicted octanol–water partition coefficient (Wildman–Crippen LogP) is 2.56. The van der Waals surface area contributed by atoms with Gasteiger partial charge in [0.25, 0.3) is 0 Å². The van der Waals surface area contributed by atoms with Gasteiger partial charge in [0.1, 0.15) is 0 Å². The minimum Gasteiger partial charge on any atom is -0.392 e. The molecule has 0 amide bonds. The van der Waals surface area contributed by atoms with Crippen molar-refractivity contribution in [1.82, 2.24) is 0 Å². The Morgan fingerprint density at radius 2 is 2.15 bits per heavy atom. The Hall–Kier alpha value is 0.580. The summed E-state index contributed by atoms with van der Waals surface area (Å²) in [6.07, 6.45) is 3.96. The smallest absolute Gasteiger partial charge is 0.0940 e. The molecule has 0 radical (unpaired) electrons. The van der Waals surface area contributed by atoms with E-state index >= 15 is 0 Å². The van der Waals surface area contributed by atoms with Crippen molar-refractivity contribution in [3.8, 4) is 0 Å². The Labute approximate surface area is 130 Å². The van der Waals surface area contributed by atoms with E-state index in [0.29, 0.717) is 16.4 Å². The van der Waals surface area contributed by atoms with Crippen molar-refractivity contribution in [2.75, 3.05) is 31.3 Å². The quantitative estimate of drug-likeness (QED) is 0.866. The van der Waals surface area contributed by atoms with Gasteiger partial charge < -0.3 is 14.6 Å². The maximum Gasteiger partial charge on any atom is 0.0940 e. The lowest BCUT2D eigenvalue weighted by molar-refractivity contribution is -0.116. The molecule has 5 heteroatoms. The van der Waals surface area contributed by atoms with Gasteiger partial charge in [0.2, 0.25) is 0 Å². The molecular formula is C15H26O3S2. The second-order valence-electron chi connectivity index (χ2n) is 6.23. The fourth-order valence-electron chi connectivity index (χ4n) is 3.74. The maximum absolute atomic E-state index is 10.9. The van der Waals surface area contributed by atoms with E-state index in [1.807, 2.05) is 11.8 Å². The van der Waals surface area contributed by atoms with Gasteiger partial charge >= 0.3 is 0 Å². The van der Waals surface area contributed by atoms with Crippen LogP contribution in [-0.4, -0.2) is 58.6 Å². The lowest BCUT2D eigenvalue weighted by atomic mass is 9.80. The van der Waals surface area contributed by atoms with Gasteiger partial charge in [-0.05, 0) is 25.2 Å². The first-order valence-corrected chi connectivity index (χ1v) is 9.97. The number of aliphatic hydroxyl groups is 1. The average Bonchev–Trinajstić information content (AvgIpc) is 2.94. The number of thioether (sulfide) groups is 2. The molecule has 0 saturated carbocycles. The molecule has 5 unspecified atom stereocenters. The summed E-state index contributed by atoms with van der Waals surface area (Å²) in [4.78, 5) is 0. The summed E-state index contributed by atoms with van der Waals surface area (Å²) in [6, 6.07) is 0. The summed E-state index contributed by atoms with van der Waals surface area (Å²) in [7, 11) is 0. The van der Waals surface area contributed by atoms with Crippen LogP contribution in [0.15, 0.2) is 0 Å². The highest BCUT2D eigenvalue weighted by atomic mass is 32.2. The zero-order chi connectivity index (χ0) is 14.0. The minimum absolute atomic E-state index is 0.0852. The summed E-state index contributed by atoms with van der Waals surface area (Å²) in [5.74, 6) is 2.80. The molecule has 0 bridgehead atoms. The number of ether oxygens (including phenoxy) is 2. The Balaban J connectivity index is 1.64. The zero-order valence-corrected chi connectivity index (χ0v) is 13.9. The topological polar surface area (TPSA) is 38.7 Å². The fourth-order valence-corrected chi connectivity index (χ4v) is 6.97. The average molecular weight is 319 g/mol. The van der Waals surface area contributed by atoms with E-state index in [-0.39, 0.29) is 11.7 Å². The molecule has 3 aliphatic heterocycles. The number of hydrogen-bond donors (Lipinski definition) is 1. The van der Waals surface area contributed by atoms with Crippen LogP contribution in [0.5, 0.6) is 0 Å². The van der Waals surface area contributed by atoms with Crippen LogP contribution in [0, 0.1) is 5.92 Å². The van der Waals surface area contributed by atoms with Crippen LogP contribution in [0.2, 0.25) is 0 Å². The molecule has 3 heterocycles. The largest absolute Gasteiger partial charge is 0.392 e. The highest BCUT2D eigenvalue weighted by Crippen LogP contribution is 2.42. The van der Waals surface area contributed by atoms with Crippen molar-refractivity contribution in [1.29, 1.82) is 0 Å². The number of hydrogen-bond acceptors (Lipinski definition) is 5. The molecule has 0 aromatic rings. The Kier molecular flexibility index (Phi) is 5.24. The Morgan fingerprint density at radius 3 is 2.90 bits per heavy atom. The molecule has 0 aromatic heterocycles. The van der Waals surface area contributed by atoms with Crippen molar-refractivity contribution in [2.24, 2.45) is 5.92 Å². The highest BCUT2D eigenvalue weighted by Gasteiger charge is 2.45. The third kappa shape index (κ3) is 3.17. The fraction of sp³-hybridized carbons (Fsp3) is 1.00. The molecule has 1 spiro atoms. The van der Waals surface area contributed by atoms with E-state index in [9.17, 15) is 5.11 Å². The van der Waals surface area contributed by atoms with E-state index in [2.05, 4.69) is 18.7 Å². The van der Waals surface area contributed by atoms with Gasteiger partial charge in [0.05, 0.1) is 18.3 Å². The zero-order valence-electron chi connectivity index (χ0n) is 12.3. The van der Waals surface area contributed by atoms with Crippen molar-refractivity contribution >= 4 is 23.5 Å². The molecule has 3 fully saturated rings. The summed E-state index contributed by atoms with van der Waals surface area (Å²) in [5, 5.41) is 11.9. The molecule has 20 heavy (non-hydrogen) atoms. The summed E-state index contributed by atoms with van der Waals surface area (Å²) < 4.78 is 11.5. The van der Waals surface area contributed by atoms with E-state index in [0.717, 1.165) is 45.5 Å². The summed E-state index contributed by atoms with van der Waals surface area (Å²) in [5.41, 5.74) is -0.0852. The van der Waals surface area contributed by atoms with Crippen LogP contribution in [-0.2, 0) is 9.47 Å². The molecule has 3 rings (SSSR count). The van der Waals surface area contributed by atoms with Crippen LogP contribution in [0.1, 0.15) is 32.6 Å². The standard InChI is InChI=1S/C15H26O3S2/c1-2-12-14(20-8-7-19-12)13(16)11-3-5-18-15(9-11)4-6-17-10-15/h11-14,16H,2-10H2,1H3. The van der Waals surface area contributed by atoms with E-state index < -0.39 is 0 Å². The number of rotatable bonds is 3. The van der Waals surface area contributed by atoms with Gasteiger partial charge in [0.15, 0.2) is 0 Å². The maximum atomic E-state index is 10.9. The van der Waals surface area contributed by atoms with Crippen LogP contribution < -0.4 is 0 Å². The predicted molar refractivity (Wildman–Crippen MR) is 85.6 cm³/mol. The van der Waals surface area contributed by atoms with Crippen LogP contribution in [0.4, 0.5) is 0 Å². The van der Waals surface area contributed by atoms with Crippen LogP contribution in [0.25, 0.3) is 0 Å². The highest BCUT2D eigenvalue weighted by molar-refractivity contribution is 8.07. The molecule has 3 nitrogen and oxygen atoms in total. The lowest BCUT2D eigenvalue weighted by Crippen LogP contribution is -2.48. The molecule has 0 aromatic carbocycles. The van der Waals surface area contributed by atoms with Gasteiger partial charge in [-0.15, -0.1) is 0 Å². The monoisotopic (exact) mass is 318 g/mol. The minimum atomic E-state index is -0.181. The third-order valence-electron chi connectivity index (χ3n) is 4.91. The molecule has 5 atom stereocenters.